The molecule has 0 aromatic carbocycles. The Balaban J connectivity index is 0.00000182. The molecule has 2 fully saturated rings. The molecule has 4 rings (SSSR count). The lowest BCUT2D eigenvalue weighted by Gasteiger charge is -2.29. The van der Waals surface area contributed by atoms with Gasteiger partial charge in [-0.2, -0.15) is 0 Å². The summed E-state index contributed by atoms with van der Waals surface area (Å²) in [7, 11) is 0. The van der Waals surface area contributed by atoms with Gasteiger partial charge < -0.3 is 14.6 Å². The molecule has 2 aliphatic rings. The van der Waals surface area contributed by atoms with Crippen LogP contribution >= 0.6 is 12.4 Å². The van der Waals surface area contributed by atoms with Crippen LogP contribution in [0.1, 0.15) is 43.4 Å². The fourth-order valence-corrected chi connectivity index (χ4v) is 3.14. The average molecular weight is 361 g/mol. The molecule has 0 spiro atoms. The monoisotopic (exact) mass is 360 g/mol. The van der Waals surface area contributed by atoms with E-state index in [1.807, 2.05) is 24.4 Å². The minimum Gasteiger partial charge on any atom is -0.461 e. The number of aromatic nitrogens is 1. The van der Waals surface area contributed by atoms with Crippen molar-refractivity contribution in [1.29, 1.82) is 0 Å². The Morgan fingerprint density at radius 1 is 1.20 bits per heavy atom. The smallest absolute Gasteiger partial charge is 0.168 e. The molecule has 6 heteroatoms. The highest BCUT2D eigenvalue weighted by molar-refractivity contribution is 5.96. The predicted octanol–water partition coefficient (Wildman–Crippen LogP) is 3.79. The Labute approximate surface area is 154 Å². The SMILES string of the molecule is Cl.c1coc(C(=NCc2cccnc2N2CCCCC2)NC2CC2)c1. The number of anilines is 1. The molecular formula is C19H25ClN4O. The van der Waals surface area contributed by atoms with Crippen LogP contribution in [0.2, 0.25) is 0 Å². The molecule has 1 saturated carbocycles. The van der Waals surface area contributed by atoms with Gasteiger partial charge in [0, 0.05) is 30.9 Å². The van der Waals surface area contributed by atoms with E-state index in [9.17, 15) is 0 Å². The molecule has 2 aromatic heterocycles. The highest BCUT2D eigenvalue weighted by Gasteiger charge is 2.24. The first-order chi connectivity index (χ1) is 11.9. The standard InChI is InChI=1S/C19H24N4O.ClH/c1-2-11-23(12-3-1)19-15(6-4-10-20-19)14-21-18(22-16-8-9-16)17-7-5-13-24-17;/h4-7,10,13,16H,1-3,8-9,11-12,14H2,(H,21,22);1H. The summed E-state index contributed by atoms with van der Waals surface area (Å²) < 4.78 is 5.54. The van der Waals surface area contributed by atoms with Crippen molar-refractivity contribution in [3.05, 3.63) is 48.0 Å². The van der Waals surface area contributed by atoms with Crippen LogP contribution < -0.4 is 10.2 Å². The minimum atomic E-state index is 0. The van der Waals surface area contributed by atoms with Crippen LogP contribution in [0.4, 0.5) is 5.82 Å². The van der Waals surface area contributed by atoms with E-state index in [4.69, 9.17) is 9.41 Å². The quantitative estimate of drug-likeness (QED) is 0.651. The van der Waals surface area contributed by atoms with Crippen molar-refractivity contribution in [3.63, 3.8) is 0 Å². The molecule has 134 valence electrons. The van der Waals surface area contributed by atoms with E-state index in [1.54, 1.807) is 6.26 Å². The molecule has 1 N–H and O–H groups in total. The van der Waals surface area contributed by atoms with Crippen LogP contribution in [0.5, 0.6) is 0 Å². The third-order valence-electron chi connectivity index (χ3n) is 4.60. The third kappa shape index (κ3) is 4.54. The Morgan fingerprint density at radius 3 is 2.76 bits per heavy atom. The zero-order chi connectivity index (χ0) is 16.2. The average Bonchev–Trinajstić information content (AvgIpc) is 3.29. The zero-order valence-electron chi connectivity index (χ0n) is 14.4. The number of rotatable bonds is 5. The van der Waals surface area contributed by atoms with Crippen LogP contribution in [-0.4, -0.2) is 30.0 Å². The van der Waals surface area contributed by atoms with Gasteiger partial charge in [-0.15, -0.1) is 12.4 Å². The number of halogens is 1. The van der Waals surface area contributed by atoms with E-state index in [-0.39, 0.29) is 12.4 Å². The fraction of sp³-hybridized carbons (Fsp3) is 0.474. The van der Waals surface area contributed by atoms with Gasteiger partial charge in [0.15, 0.2) is 11.6 Å². The van der Waals surface area contributed by atoms with Crippen LogP contribution in [0.15, 0.2) is 46.1 Å². The normalized spacial score (nSPS) is 17.9. The lowest BCUT2D eigenvalue weighted by molar-refractivity contribution is 0.552. The summed E-state index contributed by atoms with van der Waals surface area (Å²) in [6.45, 7) is 2.81. The molecule has 5 nitrogen and oxygen atoms in total. The largest absolute Gasteiger partial charge is 0.461 e. The van der Waals surface area contributed by atoms with E-state index < -0.39 is 0 Å². The molecule has 0 atom stereocenters. The van der Waals surface area contributed by atoms with Crippen molar-refractivity contribution >= 4 is 24.1 Å². The number of piperidine rings is 1. The molecule has 1 aliphatic carbocycles. The van der Waals surface area contributed by atoms with Crippen molar-refractivity contribution in [3.8, 4) is 0 Å². The Hall–Kier alpha value is -2.01. The van der Waals surface area contributed by atoms with Gasteiger partial charge in [-0.1, -0.05) is 6.07 Å². The molecule has 25 heavy (non-hydrogen) atoms. The van der Waals surface area contributed by atoms with E-state index in [0.29, 0.717) is 12.6 Å². The predicted molar refractivity (Wildman–Crippen MR) is 103 cm³/mol. The molecule has 2 aromatic rings. The molecule has 1 saturated heterocycles. The maximum absolute atomic E-state index is 5.54. The third-order valence-corrected chi connectivity index (χ3v) is 4.60. The highest BCUT2D eigenvalue weighted by atomic mass is 35.5. The second-order valence-corrected chi connectivity index (χ2v) is 6.59. The molecule has 0 bridgehead atoms. The van der Waals surface area contributed by atoms with Crippen molar-refractivity contribution in [2.24, 2.45) is 4.99 Å². The van der Waals surface area contributed by atoms with E-state index in [1.165, 1.54) is 37.7 Å². The molecular weight excluding hydrogens is 336 g/mol. The topological polar surface area (TPSA) is 53.7 Å². The van der Waals surface area contributed by atoms with Gasteiger partial charge in [0.25, 0.3) is 0 Å². The van der Waals surface area contributed by atoms with Crippen molar-refractivity contribution in [2.45, 2.75) is 44.7 Å². The van der Waals surface area contributed by atoms with Crippen LogP contribution in [0.3, 0.4) is 0 Å². The van der Waals surface area contributed by atoms with Gasteiger partial charge in [0.05, 0.1) is 12.8 Å². The van der Waals surface area contributed by atoms with Gasteiger partial charge in [-0.3, -0.25) is 4.99 Å². The first-order valence-corrected chi connectivity index (χ1v) is 8.94. The van der Waals surface area contributed by atoms with Crippen molar-refractivity contribution in [2.75, 3.05) is 18.0 Å². The Kier molecular flexibility index (Phi) is 5.97. The van der Waals surface area contributed by atoms with Crippen molar-refractivity contribution < 1.29 is 4.42 Å². The number of aliphatic imine (C=N–C) groups is 1. The summed E-state index contributed by atoms with van der Waals surface area (Å²) in [6.07, 6.45) is 9.83. The molecule has 0 radical (unpaired) electrons. The van der Waals surface area contributed by atoms with Crippen molar-refractivity contribution in [1.82, 2.24) is 10.3 Å². The first-order valence-electron chi connectivity index (χ1n) is 8.94. The van der Waals surface area contributed by atoms with Gasteiger partial charge in [0.1, 0.15) is 5.82 Å². The molecule has 1 aliphatic heterocycles. The first kappa shape index (κ1) is 17.8. The van der Waals surface area contributed by atoms with Gasteiger partial charge in [-0.25, -0.2) is 4.98 Å². The number of amidine groups is 1. The summed E-state index contributed by atoms with van der Waals surface area (Å²) in [5.41, 5.74) is 1.18. The summed E-state index contributed by atoms with van der Waals surface area (Å²) in [5.74, 6) is 2.76. The Morgan fingerprint density at radius 2 is 2.04 bits per heavy atom. The number of hydrogen-bond acceptors (Lipinski definition) is 4. The number of nitrogens with zero attached hydrogens (tertiary/aromatic N) is 3. The number of hydrogen-bond donors (Lipinski definition) is 1. The van der Waals surface area contributed by atoms with Gasteiger partial charge in [0.2, 0.25) is 0 Å². The second kappa shape index (κ2) is 8.39. The number of nitrogens with one attached hydrogen (secondary N) is 1. The van der Waals surface area contributed by atoms with Crippen LogP contribution in [0, 0.1) is 0 Å². The lowest BCUT2D eigenvalue weighted by atomic mass is 10.1. The summed E-state index contributed by atoms with van der Waals surface area (Å²) in [5, 5.41) is 3.48. The summed E-state index contributed by atoms with van der Waals surface area (Å²) >= 11 is 0. The number of pyridine rings is 1. The van der Waals surface area contributed by atoms with E-state index >= 15 is 0 Å². The maximum Gasteiger partial charge on any atom is 0.168 e. The maximum atomic E-state index is 5.54. The summed E-state index contributed by atoms with van der Waals surface area (Å²) in [6, 6.07) is 8.55. The second-order valence-electron chi connectivity index (χ2n) is 6.59. The molecule has 0 unspecified atom stereocenters. The van der Waals surface area contributed by atoms with Gasteiger partial charge >= 0.3 is 0 Å². The number of furan rings is 1. The Bertz CT molecular complexity index is 691. The van der Waals surface area contributed by atoms with Crippen LogP contribution in [0.25, 0.3) is 0 Å². The highest BCUT2D eigenvalue weighted by Crippen LogP contribution is 2.23. The zero-order valence-corrected chi connectivity index (χ0v) is 15.2. The fourth-order valence-electron chi connectivity index (χ4n) is 3.14. The lowest BCUT2D eigenvalue weighted by Crippen LogP contribution is -2.31. The van der Waals surface area contributed by atoms with Gasteiger partial charge in [-0.05, 0) is 50.3 Å². The molecule has 3 heterocycles. The minimum absolute atomic E-state index is 0. The van der Waals surface area contributed by atoms with E-state index in [2.05, 4.69) is 21.3 Å². The summed E-state index contributed by atoms with van der Waals surface area (Å²) in [4.78, 5) is 11.8. The van der Waals surface area contributed by atoms with E-state index in [0.717, 1.165) is 30.5 Å². The van der Waals surface area contributed by atoms with Crippen LogP contribution in [-0.2, 0) is 6.54 Å². The molecule has 0 amide bonds.